The second kappa shape index (κ2) is 8.41. The molecular formula is C22H23F4N7O. The number of anilines is 1. The molecule has 4 heterocycles. The van der Waals surface area contributed by atoms with E-state index in [-0.39, 0.29) is 23.8 Å². The van der Waals surface area contributed by atoms with Gasteiger partial charge in [0, 0.05) is 37.6 Å². The lowest BCUT2D eigenvalue weighted by atomic mass is 10.0. The average molecular weight is 477 g/mol. The number of piperidine rings is 1. The summed E-state index contributed by atoms with van der Waals surface area (Å²) in [6.07, 6.45) is 0.573. The number of nitrogens with zero attached hydrogens (tertiary/aromatic N) is 6. The molecule has 12 heteroatoms. The molecule has 1 N–H and O–H groups in total. The maximum atomic E-state index is 14.4. The quantitative estimate of drug-likeness (QED) is 0.567. The molecule has 0 aromatic carbocycles. The minimum absolute atomic E-state index is 0.0418. The van der Waals surface area contributed by atoms with Crippen molar-refractivity contribution in [1.82, 2.24) is 29.9 Å². The molecule has 0 atom stereocenters. The molecular weight excluding hydrogens is 454 g/mol. The molecule has 2 aliphatic rings. The Labute approximate surface area is 192 Å². The number of nitrogens with one attached hydrogen (secondary N) is 1. The number of aromatic nitrogens is 5. The molecule has 3 aromatic rings. The second-order valence-corrected chi connectivity index (χ2v) is 8.69. The highest BCUT2D eigenvalue weighted by atomic mass is 19.4. The highest BCUT2D eigenvalue weighted by Crippen LogP contribution is 2.35. The average Bonchev–Trinajstić information content (AvgIpc) is 3.64. The lowest BCUT2D eigenvalue weighted by Crippen LogP contribution is -2.48. The Hall–Kier alpha value is -3.44. The van der Waals surface area contributed by atoms with E-state index in [2.05, 4.69) is 20.3 Å². The number of H-pyrrole nitrogens is 1. The first-order chi connectivity index (χ1) is 16.2. The molecule has 0 spiro atoms. The van der Waals surface area contributed by atoms with Crippen molar-refractivity contribution < 1.29 is 22.4 Å². The standard InChI is InChI=1S/C22H23F4N7O/c1-13-29-30-33(13)19-5-2-14(11-27-19)21(34)32(16-3-4-16)17-6-8-31(9-7-17)20-18(23)10-15(12-28-20)22(24,25)26/h2,5,10-12,16-17,30H,3-4,6-9H2,1H3. The normalized spacial score (nSPS) is 17.3. The number of pyridine rings is 2. The van der Waals surface area contributed by atoms with Gasteiger partial charge < -0.3 is 9.80 Å². The third-order valence-electron chi connectivity index (χ3n) is 6.34. The van der Waals surface area contributed by atoms with E-state index >= 15 is 0 Å². The first-order valence-corrected chi connectivity index (χ1v) is 11.1. The number of hydrogen-bond donors (Lipinski definition) is 1. The summed E-state index contributed by atoms with van der Waals surface area (Å²) in [7, 11) is 0. The molecule has 34 heavy (non-hydrogen) atoms. The Kier molecular flexibility index (Phi) is 5.53. The molecule has 5 rings (SSSR count). The van der Waals surface area contributed by atoms with E-state index in [1.54, 1.807) is 27.9 Å². The molecule has 1 saturated carbocycles. The van der Waals surface area contributed by atoms with Crippen LogP contribution in [0.2, 0.25) is 0 Å². The van der Waals surface area contributed by atoms with E-state index in [4.69, 9.17) is 0 Å². The minimum atomic E-state index is -4.64. The van der Waals surface area contributed by atoms with Crippen LogP contribution in [0.25, 0.3) is 5.82 Å². The summed E-state index contributed by atoms with van der Waals surface area (Å²) in [5.41, 5.74) is -0.621. The molecule has 0 unspecified atom stereocenters. The fourth-order valence-corrected chi connectivity index (χ4v) is 4.37. The van der Waals surface area contributed by atoms with Gasteiger partial charge in [0.15, 0.2) is 17.5 Å². The van der Waals surface area contributed by atoms with Gasteiger partial charge in [-0.1, -0.05) is 0 Å². The molecule has 180 valence electrons. The Bertz CT molecular complexity index is 1170. The van der Waals surface area contributed by atoms with Gasteiger partial charge in [-0.05, 0) is 50.8 Å². The lowest BCUT2D eigenvalue weighted by Gasteiger charge is -2.39. The number of hydrogen-bond acceptors (Lipinski definition) is 5. The number of carbonyl (C=O) groups excluding carboxylic acids is 1. The topological polar surface area (TPSA) is 82.9 Å². The summed E-state index contributed by atoms with van der Waals surface area (Å²) < 4.78 is 54.5. The van der Waals surface area contributed by atoms with E-state index in [1.165, 1.54) is 0 Å². The van der Waals surface area contributed by atoms with E-state index in [1.807, 2.05) is 11.8 Å². The van der Waals surface area contributed by atoms with Crippen molar-refractivity contribution in [3.8, 4) is 5.82 Å². The largest absolute Gasteiger partial charge is 0.417 e. The van der Waals surface area contributed by atoms with Crippen molar-refractivity contribution in [2.75, 3.05) is 18.0 Å². The van der Waals surface area contributed by atoms with Crippen molar-refractivity contribution >= 4 is 11.7 Å². The van der Waals surface area contributed by atoms with E-state index in [0.717, 1.165) is 18.7 Å². The highest BCUT2D eigenvalue weighted by molar-refractivity contribution is 5.94. The SMILES string of the molecule is Cc1n[nH]n1-c1ccc(C(=O)N(C2CC2)C2CCN(c3ncc(C(F)(F)F)cc3F)CC2)cn1. The number of carbonyl (C=O) groups is 1. The van der Waals surface area contributed by atoms with Gasteiger partial charge in [0.1, 0.15) is 5.82 Å². The van der Waals surface area contributed by atoms with Crippen LogP contribution in [0, 0.1) is 12.7 Å². The number of amides is 1. The van der Waals surface area contributed by atoms with Gasteiger partial charge in [0.05, 0.1) is 11.1 Å². The first-order valence-electron chi connectivity index (χ1n) is 11.1. The zero-order valence-corrected chi connectivity index (χ0v) is 18.4. The van der Waals surface area contributed by atoms with Crippen LogP contribution in [0.4, 0.5) is 23.4 Å². The van der Waals surface area contributed by atoms with Crippen LogP contribution in [0.5, 0.6) is 0 Å². The first kappa shape index (κ1) is 22.4. The van der Waals surface area contributed by atoms with Crippen LogP contribution in [-0.4, -0.2) is 60.9 Å². The number of halogens is 4. The van der Waals surface area contributed by atoms with Crippen LogP contribution in [0.3, 0.4) is 0 Å². The summed E-state index contributed by atoms with van der Waals surface area (Å²) in [5.74, 6) is 0.236. The van der Waals surface area contributed by atoms with Gasteiger partial charge >= 0.3 is 6.18 Å². The third kappa shape index (κ3) is 4.24. The Morgan fingerprint density at radius 1 is 1.09 bits per heavy atom. The van der Waals surface area contributed by atoms with Crippen LogP contribution in [-0.2, 0) is 6.18 Å². The fraction of sp³-hybridized carbons (Fsp3) is 0.455. The van der Waals surface area contributed by atoms with Crippen molar-refractivity contribution in [2.24, 2.45) is 0 Å². The van der Waals surface area contributed by atoms with Crippen molar-refractivity contribution in [2.45, 2.75) is 50.9 Å². The van der Waals surface area contributed by atoms with Gasteiger partial charge in [-0.15, -0.1) is 5.10 Å². The molecule has 2 fully saturated rings. The molecule has 0 radical (unpaired) electrons. The number of aryl methyl sites for hydroxylation is 1. The monoisotopic (exact) mass is 477 g/mol. The molecule has 1 saturated heterocycles. The van der Waals surface area contributed by atoms with Gasteiger partial charge in [-0.25, -0.2) is 24.3 Å². The van der Waals surface area contributed by atoms with Crippen LogP contribution in [0.15, 0.2) is 30.6 Å². The summed E-state index contributed by atoms with van der Waals surface area (Å²) in [6, 6.07) is 4.10. The van der Waals surface area contributed by atoms with Crippen molar-refractivity contribution in [1.29, 1.82) is 0 Å². The number of rotatable bonds is 5. The molecule has 1 amide bonds. The fourth-order valence-electron chi connectivity index (χ4n) is 4.37. The number of alkyl halides is 3. The molecule has 3 aromatic heterocycles. The Morgan fingerprint density at radius 2 is 1.79 bits per heavy atom. The summed E-state index contributed by atoms with van der Waals surface area (Å²) >= 11 is 0. The van der Waals surface area contributed by atoms with Gasteiger partial charge in [-0.3, -0.25) is 4.79 Å². The maximum Gasteiger partial charge on any atom is 0.417 e. The van der Waals surface area contributed by atoms with E-state index in [0.29, 0.717) is 49.6 Å². The minimum Gasteiger partial charge on any atom is -0.354 e. The van der Waals surface area contributed by atoms with Gasteiger partial charge in [0.25, 0.3) is 5.91 Å². The second-order valence-electron chi connectivity index (χ2n) is 8.69. The molecule has 0 bridgehead atoms. The zero-order chi connectivity index (χ0) is 24.0. The van der Waals surface area contributed by atoms with Crippen LogP contribution < -0.4 is 4.90 Å². The van der Waals surface area contributed by atoms with Gasteiger partial charge in [0.2, 0.25) is 0 Å². The van der Waals surface area contributed by atoms with E-state index in [9.17, 15) is 22.4 Å². The van der Waals surface area contributed by atoms with Crippen LogP contribution in [0.1, 0.15) is 47.4 Å². The van der Waals surface area contributed by atoms with Crippen molar-refractivity contribution in [3.63, 3.8) is 0 Å². The summed E-state index contributed by atoms with van der Waals surface area (Å²) in [5, 5.41) is 6.72. The van der Waals surface area contributed by atoms with E-state index < -0.39 is 17.6 Å². The number of aromatic amines is 1. The summed E-state index contributed by atoms with van der Waals surface area (Å²) in [6.45, 7) is 2.63. The molecule has 1 aliphatic carbocycles. The molecule has 8 nitrogen and oxygen atoms in total. The Balaban J connectivity index is 1.27. The third-order valence-corrected chi connectivity index (χ3v) is 6.34. The smallest absolute Gasteiger partial charge is 0.354 e. The van der Waals surface area contributed by atoms with Crippen LogP contribution >= 0.6 is 0 Å². The predicted octanol–water partition coefficient (Wildman–Crippen LogP) is 3.73. The zero-order valence-electron chi connectivity index (χ0n) is 18.4. The Morgan fingerprint density at radius 3 is 2.29 bits per heavy atom. The maximum absolute atomic E-state index is 14.4. The predicted molar refractivity (Wildman–Crippen MR) is 114 cm³/mol. The van der Waals surface area contributed by atoms with Crippen molar-refractivity contribution in [3.05, 3.63) is 53.4 Å². The molecule has 1 aliphatic heterocycles. The highest BCUT2D eigenvalue weighted by Gasteiger charge is 2.39. The van der Waals surface area contributed by atoms with Gasteiger partial charge in [-0.2, -0.15) is 13.2 Å². The lowest BCUT2D eigenvalue weighted by molar-refractivity contribution is -0.138. The summed E-state index contributed by atoms with van der Waals surface area (Å²) in [4.78, 5) is 25.0.